The number of hydrogen-bond donors (Lipinski definition) is 0. The van der Waals surface area contributed by atoms with E-state index in [4.69, 9.17) is 4.52 Å². The van der Waals surface area contributed by atoms with Crippen LogP contribution in [0.25, 0.3) is 0 Å². The summed E-state index contributed by atoms with van der Waals surface area (Å²) < 4.78 is 5.18. The molecule has 0 radical (unpaired) electrons. The fourth-order valence-electron chi connectivity index (χ4n) is 3.02. The maximum absolute atomic E-state index is 12.5. The summed E-state index contributed by atoms with van der Waals surface area (Å²) in [6.07, 6.45) is 5.11. The first kappa shape index (κ1) is 17.3. The van der Waals surface area contributed by atoms with Gasteiger partial charge >= 0.3 is 0 Å². The van der Waals surface area contributed by atoms with Crippen LogP contribution in [0.4, 0.5) is 5.82 Å². The van der Waals surface area contributed by atoms with Gasteiger partial charge in [-0.25, -0.2) is 4.98 Å². The summed E-state index contributed by atoms with van der Waals surface area (Å²) in [7, 11) is 1.94. The molecule has 3 heterocycles. The van der Waals surface area contributed by atoms with Crippen molar-refractivity contribution >= 4 is 11.7 Å². The van der Waals surface area contributed by atoms with Gasteiger partial charge in [0.1, 0.15) is 11.6 Å². The van der Waals surface area contributed by atoms with E-state index in [-0.39, 0.29) is 5.91 Å². The second-order valence-corrected chi connectivity index (χ2v) is 6.41. The van der Waals surface area contributed by atoms with Crippen LogP contribution >= 0.6 is 0 Å². The van der Waals surface area contributed by atoms with Crippen molar-refractivity contribution in [1.82, 2.24) is 24.9 Å². The molecule has 0 atom stereocenters. The van der Waals surface area contributed by atoms with Crippen LogP contribution in [0.1, 0.15) is 17.0 Å². The summed E-state index contributed by atoms with van der Waals surface area (Å²) in [5, 5.41) is 3.96. The van der Waals surface area contributed by atoms with Gasteiger partial charge in [-0.15, -0.1) is 0 Å². The van der Waals surface area contributed by atoms with Crippen molar-refractivity contribution in [2.45, 2.75) is 20.4 Å². The van der Waals surface area contributed by atoms with Crippen LogP contribution in [-0.2, 0) is 11.3 Å². The van der Waals surface area contributed by atoms with Crippen LogP contribution in [0.2, 0.25) is 0 Å². The molecule has 1 aliphatic heterocycles. The second kappa shape index (κ2) is 7.60. The largest absolute Gasteiger partial charge is 0.361 e. The Balaban J connectivity index is 1.49. The van der Waals surface area contributed by atoms with E-state index in [0.29, 0.717) is 26.2 Å². The van der Waals surface area contributed by atoms with E-state index >= 15 is 0 Å². The molecule has 1 aliphatic rings. The monoisotopic (exact) mass is 344 g/mol. The molecule has 2 aromatic rings. The molecule has 1 amide bonds. The number of aromatic nitrogens is 3. The summed E-state index contributed by atoms with van der Waals surface area (Å²) in [4.78, 5) is 27.0. The Bertz CT molecular complexity index is 690. The first-order valence-corrected chi connectivity index (χ1v) is 8.43. The highest BCUT2D eigenvalue weighted by Gasteiger charge is 2.23. The zero-order valence-electron chi connectivity index (χ0n) is 15.0. The molecular weight excluding hydrogens is 320 g/mol. The number of nitrogens with zero attached hydrogens (tertiary/aromatic N) is 6. The Labute approximate surface area is 147 Å². The molecular formula is C17H24N6O2. The van der Waals surface area contributed by atoms with Gasteiger partial charge in [0.25, 0.3) is 0 Å². The van der Waals surface area contributed by atoms with E-state index in [1.807, 2.05) is 30.7 Å². The predicted molar refractivity (Wildman–Crippen MR) is 93.1 cm³/mol. The molecule has 8 heteroatoms. The maximum atomic E-state index is 12.5. The third kappa shape index (κ3) is 4.14. The third-order valence-corrected chi connectivity index (χ3v) is 4.52. The van der Waals surface area contributed by atoms with Crippen LogP contribution in [0.3, 0.4) is 0 Å². The number of hydrogen-bond acceptors (Lipinski definition) is 7. The van der Waals surface area contributed by atoms with Crippen molar-refractivity contribution in [3.05, 3.63) is 35.6 Å². The number of aryl methyl sites for hydroxylation is 2. The molecule has 1 fully saturated rings. The minimum atomic E-state index is 0.146. The molecule has 0 spiro atoms. The maximum Gasteiger partial charge on any atom is 0.236 e. The van der Waals surface area contributed by atoms with Crippen molar-refractivity contribution in [2.75, 3.05) is 44.7 Å². The highest BCUT2D eigenvalue weighted by atomic mass is 16.5. The average Bonchev–Trinajstić information content (AvgIpc) is 2.94. The number of rotatable bonds is 5. The van der Waals surface area contributed by atoms with E-state index < -0.39 is 0 Å². The van der Waals surface area contributed by atoms with E-state index in [1.165, 1.54) is 0 Å². The minimum absolute atomic E-state index is 0.146. The summed E-state index contributed by atoms with van der Waals surface area (Å²) in [6.45, 7) is 7.82. The van der Waals surface area contributed by atoms with Gasteiger partial charge in [0.05, 0.1) is 18.4 Å². The summed E-state index contributed by atoms with van der Waals surface area (Å²) in [6, 6.07) is 0. The fourth-order valence-corrected chi connectivity index (χ4v) is 3.02. The van der Waals surface area contributed by atoms with Crippen LogP contribution in [0.15, 0.2) is 23.1 Å². The molecule has 0 unspecified atom stereocenters. The molecule has 0 N–H and O–H groups in total. The minimum Gasteiger partial charge on any atom is -0.361 e. The van der Waals surface area contributed by atoms with Gasteiger partial charge in [-0.2, -0.15) is 0 Å². The summed E-state index contributed by atoms with van der Waals surface area (Å²) >= 11 is 0. The molecule has 8 nitrogen and oxygen atoms in total. The van der Waals surface area contributed by atoms with Gasteiger partial charge < -0.3 is 14.3 Å². The van der Waals surface area contributed by atoms with Crippen molar-refractivity contribution in [3.8, 4) is 0 Å². The van der Waals surface area contributed by atoms with Crippen molar-refractivity contribution in [1.29, 1.82) is 0 Å². The summed E-state index contributed by atoms with van der Waals surface area (Å²) in [5.74, 6) is 1.83. The number of piperazine rings is 1. The quantitative estimate of drug-likeness (QED) is 0.796. The van der Waals surface area contributed by atoms with Gasteiger partial charge in [-0.05, 0) is 20.9 Å². The van der Waals surface area contributed by atoms with E-state index in [1.54, 1.807) is 18.6 Å². The SMILES string of the molecule is Cc1noc(C)c1CN(C)CC(=O)N1CCN(c2cnccn2)CC1. The van der Waals surface area contributed by atoms with Gasteiger partial charge in [0, 0.05) is 50.7 Å². The highest BCUT2D eigenvalue weighted by Crippen LogP contribution is 2.15. The molecule has 2 aromatic heterocycles. The Morgan fingerprint density at radius 1 is 1.24 bits per heavy atom. The van der Waals surface area contributed by atoms with E-state index in [2.05, 4.69) is 20.0 Å². The van der Waals surface area contributed by atoms with Gasteiger partial charge in [-0.1, -0.05) is 5.16 Å². The molecule has 0 saturated carbocycles. The molecule has 134 valence electrons. The van der Waals surface area contributed by atoms with E-state index in [9.17, 15) is 4.79 Å². The Morgan fingerprint density at radius 2 is 2.00 bits per heavy atom. The Morgan fingerprint density at radius 3 is 2.60 bits per heavy atom. The van der Waals surface area contributed by atoms with Crippen LogP contribution in [0.5, 0.6) is 0 Å². The Hall–Kier alpha value is -2.48. The number of anilines is 1. The average molecular weight is 344 g/mol. The molecule has 1 saturated heterocycles. The first-order valence-electron chi connectivity index (χ1n) is 8.43. The van der Waals surface area contributed by atoms with Gasteiger partial charge in [-0.3, -0.25) is 14.7 Å². The van der Waals surface area contributed by atoms with E-state index in [0.717, 1.165) is 35.9 Å². The number of amides is 1. The first-order chi connectivity index (χ1) is 12.0. The van der Waals surface area contributed by atoms with Crippen LogP contribution < -0.4 is 4.90 Å². The smallest absolute Gasteiger partial charge is 0.236 e. The molecule has 25 heavy (non-hydrogen) atoms. The third-order valence-electron chi connectivity index (χ3n) is 4.52. The zero-order chi connectivity index (χ0) is 17.8. The molecule has 0 aromatic carbocycles. The number of carbonyl (C=O) groups is 1. The standard InChI is InChI=1S/C17H24N6O2/c1-13-15(14(2)25-20-13)11-21(3)12-17(24)23-8-6-22(7-9-23)16-10-18-4-5-19-16/h4-5,10H,6-9,11-12H2,1-3H3. The van der Waals surface area contributed by atoms with Gasteiger partial charge in [0.2, 0.25) is 5.91 Å². The summed E-state index contributed by atoms with van der Waals surface area (Å²) in [5.41, 5.74) is 1.94. The predicted octanol–water partition coefficient (Wildman–Crippen LogP) is 0.862. The van der Waals surface area contributed by atoms with Crippen LogP contribution in [0, 0.1) is 13.8 Å². The lowest BCUT2D eigenvalue weighted by Gasteiger charge is -2.35. The second-order valence-electron chi connectivity index (χ2n) is 6.41. The molecule has 0 bridgehead atoms. The molecule has 3 rings (SSSR count). The zero-order valence-corrected chi connectivity index (χ0v) is 15.0. The topological polar surface area (TPSA) is 78.6 Å². The molecule has 0 aliphatic carbocycles. The van der Waals surface area contributed by atoms with Gasteiger partial charge in [0.15, 0.2) is 0 Å². The number of likely N-dealkylation sites (N-methyl/N-ethyl adjacent to an activating group) is 1. The van der Waals surface area contributed by atoms with Crippen LogP contribution in [-0.4, -0.2) is 70.6 Å². The van der Waals surface area contributed by atoms with Crippen molar-refractivity contribution < 1.29 is 9.32 Å². The van der Waals surface area contributed by atoms with Crippen molar-refractivity contribution in [2.24, 2.45) is 0 Å². The number of carbonyl (C=O) groups excluding carboxylic acids is 1. The van der Waals surface area contributed by atoms with Crippen molar-refractivity contribution in [3.63, 3.8) is 0 Å². The normalized spacial score (nSPS) is 15.0. The lowest BCUT2D eigenvalue weighted by Crippen LogP contribution is -2.51. The highest BCUT2D eigenvalue weighted by molar-refractivity contribution is 5.78. The Kier molecular flexibility index (Phi) is 5.28. The fraction of sp³-hybridized carbons (Fsp3) is 0.529. The lowest BCUT2D eigenvalue weighted by molar-refractivity contribution is -0.132. The lowest BCUT2D eigenvalue weighted by atomic mass is 10.2.